The molecule has 8 heteroatoms. The number of carbonyl (C=O) groups excluding carboxylic acids is 1. The molecule has 0 bridgehead atoms. The number of non-ortho nitro benzene ring substituents is 1. The van der Waals surface area contributed by atoms with Crippen LogP contribution in [0, 0.1) is 10.1 Å². The number of ether oxygens (including phenoxy) is 1. The van der Waals surface area contributed by atoms with Crippen molar-refractivity contribution in [1.29, 1.82) is 0 Å². The summed E-state index contributed by atoms with van der Waals surface area (Å²) in [7, 11) is 0. The lowest BCUT2D eigenvalue weighted by atomic mass is 10.1. The molecule has 0 radical (unpaired) electrons. The van der Waals surface area contributed by atoms with Crippen LogP contribution in [0.1, 0.15) is 22.8 Å². The second kappa shape index (κ2) is 8.93. The molecule has 0 saturated heterocycles. The highest BCUT2D eigenvalue weighted by Crippen LogP contribution is 2.33. The molecule has 0 spiro atoms. The maximum Gasteiger partial charge on any atom is 0.269 e. The van der Waals surface area contributed by atoms with Crippen molar-refractivity contribution >= 4 is 38.3 Å². The van der Waals surface area contributed by atoms with Gasteiger partial charge in [0.2, 0.25) is 0 Å². The molecule has 1 heterocycles. The molecule has 1 aromatic heterocycles. The molecule has 0 aliphatic heterocycles. The molecule has 0 N–H and O–H groups in total. The number of rotatable bonds is 7. The lowest BCUT2D eigenvalue weighted by Crippen LogP contribution is -2.30. The van der Waals surface area contributed by atoms with Gasteiger partial charge in [0, 0.05) is 17.7 Å². The maximum atomic E-state index is 13.4. The van der Waals surface area contributed by atoms with Crippen LogP contribution in [-0.2, 0) is 6.54 Å². The number of nitrogens with zero attached hydrogens (tertiary/aromatic N) is 3. The molecule has 0 aliphatic rings. The predicted octanol–water partition coefficient (Wildman–Crippen LogP) is 5.45. The number of hydrogen-bond donors (Lipinski definition) is 0. The topological polar surface area (TPSA) is 85.6 Å². The summed E-state index contributed by atoms with van der Waals surface area (Å²) in [5, 5.41) is 11.5. The van der Waals surface area contributed by atoms with E-state index in [0.29, 0.717) is 23.8 Å². The summed E-state index contributed by atoms with van der Waals surface area (Å²) in [6, 6.07) is 20.9. The third-order valence-corrected chi connectivity index (χ3v) is 5.69. The number of hydrogen-bond acceptors (Lipinski definition) is 6. The van der Waals surface area contributed by atoms with Crippen molar-refractivity contribution in [2.45, 2.75) is 13.5 Å². The number of benzene rings is 3. The number of fused-ring (bicyclic) bond motifs is 1. The van der Waals surface area contributed by atoms with Crippen molar-refractivity contribution < 1.29 is 14.5 Å². The average molecular weight is 433 g/mol. The summed E-state index contributed by atoms with van der Waals surface area (Å²) in [5.74, 6) is 0.476. The second-order valence-corrected chi connectivity index (χ2v) is 7.75. The van der Waals surface area contributed by atoms with E-state index >= 15 is 0 Å². The van der Waals surface area contributed by atoms with Crippen molar-refractivity contribution in [1.82, 2.24) is 4.98 Å². The van der Waals surface area contributed by atoms with E-state index in [0.717, 1.165) is 21.5 Å². The van der Waals surface area contributed by atoms with Gasteiger partial charge >= 0.3 is 0 Å². The van der Waals surface area contributed by atoms with Crippen LogP contribution in [0.2, 0.25) is 0 Å². The third kappa shape index (κ3) is 4.54. The smallest absolute Gasteiger partial charge is 0.269 e. The second-order valence-electron chi connectivity index (χ2n) is 6.74. The van der Waals surface area contributed by atoms with E-state index in [9.17, 15) is 14.9 Å². The van der Waals surface area contributed by atoms with Gasteiger partial charge in [0.05, 0.1) is 28.3 Å². The normalized spacial score (nSPS) is 10.7. The number of nitro benzene ring substituents is 1. The Hall–Kier alpha value is -3.78. The Bertz CT molecular complexity index is 1220. The zero-order chi connectivity index (χ0) is 21.8. The molecule has 4 aromatic rings. The van der Waals surface area contributed by atoms with Crippen LogP contribution < -0.4 is 9.64 Å². The molecule has 0 atom stereocenters. The monoisotopic (exact) mass is 433 g/mol. The SMILES string of the molecule is CCOc1ccc2nc(N(Cc3ccccc3)C(=O)c3ccc([N+](=O)[O-])cc3)sc2c1. The minimum absolute atomic E-state index is 0.0606. The van der Waals surface area contributed by atoms with Gasteiger partial charge in [-0.15, -0.1) is 0 Å². The first-order chi connectivity index (χ1) is 15.0. The molecule has 7 nitrogen and oxygen atoms in total. The summed E-state index contributed by atoms with van der Waals surface area (Å²) in [5.41, 5.74) is 2.02. The van der Waals surface area contributed by atoms with Gasteiger partial charge in [0.1, 0.15) is 5.75 Å². The molecular weight excluding hydrogens is 414 g/mol. The first kappa shape index (κ1) is 20.5. The molecule has 156 valence electrons. The number of anilines is 1. The van der Waals surface area contributed by atoms with E-state index in [1.54, 1.807) is 4.90 Å². The highest BCUT2D eigenvalue weighted by molar-refractivity contribution is 7.22. The zero-order valence-corrected chi connectivity index (χ0v) is 17.5. The van der Waals surface area contributed by atoms with E-state index in [1.807, 2.05) is 55.5 Å². The number of carbonyl (C=O) groups is 1. The Kier molecular flexibility index (Phi) is 5.90. The minimum Gasteiger partial charge on any atom is -0.494 e. The summed E-state index contributed by atoms with van der Waals surface area (Å²) in [4.78, 5) is 30.1. The summed E-state index contributed by atoms with van der Waals surface area (Å²) in [6.45, 7) is 2.82. The van der Waals surface area contributed by atoms with Gasteiger partial charge in [-0.1, -0.05) is 41.7 Å². The molecule has 1 amide bonds. The van der Waals surface area contributed by atoms with Gasteiger partial charge in [-0.25, -0.2) is 4.98 Å². The Morgan fingerprint density at radius 2 is 1.84 bits per heavy atom. The van der Waals surface area contributed by atoms with E-state index < -0.39 is 4.92 Å². The van der Waals surface area contributed by atoms with Crippen molar-refractivity contribution in [3.8, 4) is 5.75 Å². The molecule has 0 saturated carbocycles. The molecule has 3 aromatic carbocycles. The van der Waals surface area contributed by atoms with Crippen molar-refractivity contribution in [2.24, 2.45) is 0 Å². The first-order valence-electron chi connectivity index (χ1n) is 9.69. The Morgan fingerprint density at radius 3 is 2.52 bits per heavy atom. The Balaban J connectivity index is 1.72. The van der Waals surface area contributed by atoms with E-state index in [1.165, 1.54) is 35.6 Å². The van der Waals surface area contributed by atoms with Crippen LogP contribution in [0.25, 0.3) is 10.2 Å². The van der Waals surface area contributed by atoms with Gasteiger partial charge in [0.15, 0.2) is 5.13 Å². The van der Waals surface area contributed by atoms with Crippen LogP contribution in [0.15, 0.2) is 72.8 Å². The number of thiazole rings is 1. The van der Waals surface area contributed by atoms with Crippen LogP contribution in [-0.4, -0.2) is 22.4 Å². The van der Waals surface area contributed by atoms with E-state index in [-0.39, 0.29) is 11.6 Å². The van der Waals surface area contributed by atoms with Gasteiger partial charge in [-0.2, -0.15) is 0 Å². The van der Waals surface area contributed by atoms with E-state index in [2.05, 4.69) is 4.98 Å². The average Bonchev–Trinajstić information content (AvgIpc) is 3.21. The summed E-state index contributed by atoms with van der Waals surface area (Å²) < 4.78 is 6.48. The van der Waals surface area contributed by atoms with E-state index in [4.69, 9.17) is 4.74 Å². The van der Waals surface area contributed by atoms with Crippen LogP contribution in [0.4, 0.5) is 10.8 Å². The van der Waals surface area contributed by atoms with Gasteiger partial charge < -0.3 is 4.74 Å². The molecule has 0 fully saturated rings. The molecule has 0 unspecified atom stereocenters. The van der Waals surface area contributed by atoms with Crippen LogP contribution >= 0.6 is 11.3 Å². The zero-order valence-electron chi connectivity index (χ0n) is 16.7. The summed E-state index contributed by atoms with van der Waals surface area (Å²) in [6.07, 6.45) is 0. The predicted molar refractivity (Wildman–Crippen MR) is 121 cm³/mol. The standard InChI is InChI=1S/C23H19N3O4S/c1-2-30-19-12-13-20-21(14-19)31-23(24-20)25(15-16-6-4-3-5-7-16)22(27)17-8-10-18(11-9-17)26(28)29/h3-14H,2,15H2,1H3. The molecule has 31 heavy (non-hydrogen) atoms. The van der Waals surface area contributed by atoms with Crippen molar-refractivity contribution in [3.63, 3.8) is 0 Å². The fourth-order valence-corrected chi connectivity index (χ4v) is 4.13. The fraction of sp³-hybridized carbons (Fsp3) is 0.130. The van der Waals surface area contributed by atoms with Gasteiger partial charge in [-0.05, 0) is 42.8 Å². The molecule has 0 aliphatic carbocycles. The van der Waals surface area contributed by atoms with Crippen LogP contribution in [0.3, 0.4) is 0 Å². The maximum absolute atomic E-state index is 13.4. The lowest BCUT2D eigenvalue weighted by molar-refractivity contribution is -0.384. The summed E-state index contributed by atoms with van der Waals surface area (Å²) >= 11 is 1.40. The highest BCUT2D eigenvalue weighted by atomic mass is 32.1. The third-order valence-electron chi connectivity index (χ3n) is 4.64. The fourth-order valence-electron chi connectivity index (χ4n) is 3.14. The first-order valence-corrected chi connectivity index (χ1v) is 10.5. The Morgan fingerprint density at radius 1 is 1.10 bits per heavy atom. The quantitative estimate of drug-likeness (QED) is 0.286. The van der Waals surface area contributed by atoms with Crippen molar-refractivity contribution in [2.75, 3.05) is 11.5 Å². The van der Waals surface area contributed by atoms with Gasteiger partial charge in [-0.3, -0.25) is 19.8 Å². The number of amides is 1. The number of nitro groups is 1. The van der Waals surface area contributed by atoms with Crippen LogP contribution in [0.5, 0.6) is 5.75 Å². The van der Waals surface area contributed by atoms with Crippen molar-refractivity contribution in [3.05, 3.63) is 94.0 Å². The molecule has 4 rings (SSSR count). The van der Waals surface area contributed by atoms with Gasteiger partial charge in [0.25, 0.3) is 11.6 Å². The largest absolute Gasteiger partial charge is 0.494 e. The highest BCUT2D eigenvalue weighted by Gasteiger charge is 2.22. The number of aromatic nitrogens is 1. The molecular formula is C23H19N3O4S. The minimum atomic E-state index is -0.487. The lowest BCUT2D eigenvalue weighted by Gasteiger charge is -2.20. The Labute approximate surface area is 182 Å².